The minimum atomic E-state index is -1.28. The van der Waals surface area contributed by atoms with E-state index >= 15 is 0 Å². The number of carbonyl (C=O) groups excluding carboxylic acids is 3. The third-order valence-electron chi connectivity index (χ3n) is 4.75. The monoisotopic (exact) mass is 338 g/mol. The Kier molecular flexibility index (Phi) is 2.96. The number of benzene rings is 2. The minimum absolute atomic E-state index is 0.00423. The number of aliphatic hydroxyl groups is 1. The molecule has 1 unspecified atom stereocenters. The lowest BCUT2D eigenvalue weighted by Gasteiger charge is -2.32. The van der Waals surface area contributed by atoms with E-state index in [1.165, 1.54) is 31.2 Å². The Morgan fingerprint density at radius 2 is 1.60 bits per heavy atom. The Labute approximate surface area is 142 Å². The fourth-order valence-corrected chi connectivity index (χ4v) is 3.77. The standard InChI is InChI=1S/C19H14O6/c1-19(25)6-8-5-11(21)15-16(13(8)12(22)7-19)17(23)9-3-2-4-10(20)14(9)18(15)24/h2-5,20-21,25H,6-7H2,1H3. The lowest BCUT2D eigenvalue weighted by atomic mass is 9.73. The number of fused-ring (bicyclic) bond motifs is 4. The number of aromatic hydroxyl groups is 2. The molecule has 0 fully saturated rings. The molecule has 3 N–H and O–H groups in total. The van der Waals surface area contributed by atoms with Crippen LogP contribution in [0.5, 0.6) is 11.5 Å². The lowest BCUT2D eigenvalue weighted by molar-refractivity contribution is 0.0409. The second kappa shape index (κ2) is 4.77. The van der Waals surface area contributed by atoms with Crippen LogP contribution in [0.1, 0.15) is 61.1 Å². The van der Waals surface area contributed by atoms with Crippen molar-refractivity contribution in [1.29, 1.82) is 0 Å². The third-order valence-corrected chi connectivity index (χ3v) is 4.75. The van der Waals surface area contributed by atoms with Crippen LogP contribution in [0.15, 0.2) is 24.3 Å². The van der Waals surface area contributed by atoms with Crippen LogP contribution < -0.4 is 0 Å². The topological polar surface area (TPSA) is 112 Å². The molecule has 0 spiro atoms. The van der Waals surface area contributed by atoms with E-state index < -0.39 is 28.7 Å². The quantitative estimate of drug-likeness (QED) is 0.576. The summed E-state index contributed by atoms with van der Waals surface area (Å²) in [5, 5.41) is 30.5. The van der Waals surface area contributed by atoms with Crippen molar-refractivity contribution in [3.05, 3.63) is 57.6 Å². The predicted molar refractivity (Wildman–Crippen MR) is 86.4 cm³/mol. The van der Waals surface area contributed by atoms with Gasteiger partial charge in [0.25, 0.3) is 0 Å². The van der Waals surface area contributed by atoms with Gasteiger partial charge in [0, 0.05) is 29.5 Å². The Morgan fingerprint density at radius 3 is 2.32 bits per heavy atom. The van der Waals surface area contributed by atoms with E-state index in [0.29, 0.717) is 5.56 Å². The smallest absolute Gasteiger partial charge is 0.201 e. The molecule has 2 aromatic rings. The predicted octanol–water partition coefficient (Wildman–Crippen LogP) is 1.75. The van der Waals surface area contributed by atoms with Gasteiger partial charge in [-0.1, -0.05) is 12.1 Å². The SMILES string of the molecule is CC1(O)CC(=O)c2c(cc(O)c3c2C(=O)c2cccc(O)c2C3=O)C1. The molecule has 126 valence electrons. The first-order valence-electron chi connectivity index (χ1n) is 7.77. The van der Waals surface area contributed by atoms with Gasteiger partial charge in [0.2, 0.25) is 5.78 Å². The fraction of sp³-hybridized carbons (Fsp3) is 0.211. The van der Waals surface area contributed by atoms with Crippen LogP contribution in [-0.4, -0.2) is 38.3 Å². The molecule has 6 heteroatoms. The van der Waals surface area contributed by atoms with Gasteiger partial charge in [-0.15, -0.1) is 0 Å². The number of carbonyl (C=O) groups is 3. The number of rotatable bonds is 0. The molecule has 0 radical (unpaired) electrons. The molecule has 0 aromatic heterocycles. The average Bonchev–Trinajstić information content (AvgIpc) is 2.49. The normalized spacial score (nSPS) is 21.6. The van der Waals surface area contributed by atoms with Gasteiger partial charge in [-0.05, 0) is 24.6 Å². The molecule has 0 aliphatic heterocycles. The first-order chi connectivity index (χ1) is 11.7. The van der Waals surface area contributed by atoms with Crippen molar-refractivity contribution in [2.45, 2.75) is 25.4 Å². The highest BCUT2D eigenvalue weighted by molar-refractivity contribution is 6.32. The highest BCUT2D eigenvalue weighted by Gasteiger charge is 2.42. The maximum absolute atomic E-state index is 12.9. The molecular formula is C19H14O6. The number of ketones is 3. The first kappa shape index (κ1) is 15.5. The highest BCUT2D eigenvalue weighted by Crippen LogP contribution is 2.42. The number of Topliss-reactive ketones (excluding diaryl/α,β-unsaturated/α-hetero) is 1. The van der Waals surface area contributed by atoms with Gasteiger partial charge in [0.15, 0.2) is 11.6 Å². The van der Waals surface area contributed by atoms with Crippen LogP contribution in [0.3, 0.4) is 0 Å². The van der Waals surface area contributed by atoms with Crippen molar-refractivity contribution in [3.8, 4) is 11.5 Å². The van der Waals surface area contributed by atoms with Gasteiger partial charge in [0.05, 0.1) is 16.7 Å². The summed E-state index contributed by atoms with van der Waals surface area (Å²) < 4.78 is 0. The van der Waals surface area contributed by atoms with Crippen LogP contribution >= 0.6 is 0 Å². The van der Waals surface area contributed by atoms with E-state index in [4.69, 9.17) is 0 Å². The molecule has 0 saturated heterocycles. The fourth-order valence-electron chi connectivity index (χ4n) is 3.77. The summed E-state index contributed by atoms with van der Waals surface area (Å²) in [6.07, 6.45) is -0.0884. The number of hydrogen-bond donors (Lipinski definition) is 3. The van der Waals surface area contributed by atoms with Gasteiger partial charge in [-0.2, -0.15) is 0 Å². The Morgan fingerprint density at radius 1 is 0.880 bits per heavy atom. The molecule has 1 atom stereocenters. The van der Waals surface area contributed by atoms with Crippen LogP contribution in [0.25, 0.3) is 0 Å². The lowest BCUT2D eigenvalue weighted by Crippen LogP contribution is -2.37. The molecule has 4 rings (SSSR count). The van der Waals surface area contributed by atoms with Crippen molar-refractivity contribution in [2.24, 2.45) is 0 Å². The second-order valence-corrected chi connectivity index (χ2v) is 6.81. The molecular weight excluding hydrogens is 324 g/mol. The van der Waals surface area contributed by atoms with Crippen LogP contribution in [0, 0.1) is 0 Å². The Hall–Kier alpha value is -2.99. The first-order valence-corrected chi connectivity index (χ1v) is 7.77. The summed E-state index contributed by atoms with van der Waals surface area (Å²) in [6, 6.07) is 5.37. The molecule has 0 heterocycles. The van der Waals surface area contributed by atoms with Gasteiger partial charge >= 0.3 is 0 Å². The maximum Gasteiger partial charge on any atom is 0.201 e. The zero-order valence-corrected chi connectivity index (χ0v) is 13.3. The molecule has 2 aliphatic rings. The largest absolute Gasteiger partial charge is 0.507 e. The molecule has 0 saturated carbocycles. The highest BCUT2D eigenvalue weighted by atomic mass is 16.3. The van der Waals surface area contributed by atoms with E-state index in [1.54, 1.807) is 0 Å². The molecule has 2 aromatic carbocycles. The zero-order valence-electron chi connectivity index (χ0n) is 13.3. The summed E-state index contributed by atoms with van der Waals surface area (Å²) >= 11 is 0. The van der Waals surface area contributed by atoms with Gasteiger partial charge in [-0.3, -0.25) is 14.4 Å². The summed E-state index contributed by atoms with van der Waals surface area (Å²) in [4.78, 5) is 38.3. The zero-order chi connectivity index (χ0) is 18.1. The summed E-state index contributed by atoms with van der Waals surface area (Å²) in [6.45, 7) is 1.50. The van der Waals surface area contributed by atoms with Crippen LogP contribution in [0.2, 0.25) is 0 Å². The summed E-state index contributed by atoms with van der Waals surface area (Å²) in [7, 11) is 0. The van der Waals surface area contributed by atoms with Crippen molar-refractivity contribution in [2.75, 3.05) is 0 Å². The Bertz CT molecular complexity index is 999. The average molecular weight is 338 g/mol. The van der Waals surface area contributed by atoms with Crippen LogP contribution in [-0.2, 0) is 6.42 Å². The van der Waals surface area contributed by atoms with E-state index in [2.05, 4.69) is 0 Å². The molecule has 6 nitrogen and oxygen atoms in total. The van der Waals surface area contributed by atoms with Gasteiger partial charge in [0.1, 0.15) is 11.5 Å². The van der Waals surface area contributed by atoms with Gasteiger partial charge < -0.3 is 15.3 Å². The van der Waals surface area contributed by atoms with E-state index in [0.717, 1.165) is 0 Å². The van der Waals surface area contributed by atoms with Crippen molar-refractivity contribution < 1.29 is 29.7 Å². The third kappa shape index (κ3) is 2.04. The van der Waals surface area contributed by atoms with E-state index in [-0.39, 0.29) is 46.4 Å². The van der Waals surface area contributed by atoms with Crippen molar-refractivity contribution in [3.63, 3.8) is 0 Å². The number of hydrogen-bond acceptors (Lipinski definition) is 6. The van der Waals surface area contributed by atoms with Gasteiger partial charge in [-0.25, -0.2) is 0 Å². The number of phenolic OH excluding ortho intramolecular Hbond substituents is 2. The maximum atomic E-state index is 12.9. The molecule has 0 amide bonds. The Balaban J connectivity index is 2.07. The number of phenols is 2. The summed E-state index contributed by atoms with van der Waals surface area (Å²) in [5.41, 5.74) is -1.45. The van der Waals surface area contributed by atoms with E-state index in [1.807, 2.05) is 0 Å². The summed E-state index contributed by atoms with van der Waals surface area (Å²) in [5.74, 6) is -2.54. The molecule has 2 aliphatic carbocycles. The van der Waals surface area contributed by atoms with Crippen molar-refractivity contribution >= 4 is 17.3 Å². The second-order valence-electron chi connectivity index (χ2n) is 6.81. The molecule has 0 bridgehead atoms. The minimum Gasteiger partial charge on any atom is -0.507 e. The van der Waals surface area contributed by atoms with E-state index in [9.17, 15) is 29.7 Å². The van der Waals surface area contributed by atoms with Crippen molar-refractivity contribution in [1.82, 2.24) is 0 Å². The molecule has 25 heavy (non-hydrogen) atoms. The van der Waals surface area contributed by atoms with Crippen LogP contribution in [0.4, 0.5) is 0 Å².